The first-order valence-electron chi connectivity index (χ1n) is 9.87. The number of pyridine rings is 1. The maximum Gasteiger partial charge on any atom is 0.191 e. The van der Waals surface area contributed by atoms with Crippen molar-refractivity contribution >= 4 is 5.96 Å². The minimum absolute atomic E-state index is 0.368. The summed E-state index contributed by atoms with van der Waals surface area (Å²) in [4.78, 5) is 9.09. The lowest BCUT2D eigenvalue weighted by molar-refractivity contribution is 0.0177. The van der Waals surface area contributed by atoms with E-state index in [9.17, 15) is 0 Å². The molecule has 5 heteroatoms. The number of ether oxygens (including phenoxy) is 1. The largest absolute Gasteiger partial charge is 0.378 e. The Hall–Kier alpha value is -1.62. The van der Waals surface area contributed by atoms with E-state index in [0.29, 0.717) is 6.10 Å². The third-order valence-corrected chi connectivity index (χ3v) is 4.73. The summed E-state index contributed by atoms with van der Waals surface area (Å²) in [6, 6.07) is 6.03. The molecule has 1 aliphatic carbocycles. The fourth-order valence-electron chi connectivity index (χ4n) is 3.50. The van der Waals surface area contributed by atoms with Crippen molar-refractivity contribution in [1.29, 1.82) is 0 Å². The van der Waals surface area contributed by atoms with Crippen LogP contribution in [0.5, 0.6) is 0 Å². The second kappa shape index (κ2) is 11.9. The molecule has 0 amide bonds. The van der Waals surface area contributed by atoms with Crippen molar-refractivity contribution in [1.82, 2.24) is 15.6 Å². The lowest BCUT2D eigenvalue weighted by Gasteiger charge is -2.22. The fourth-order valence-corrected chi connectivity index (χ4v) is 3.50. The summed E-state index contributed by atoms with van der Waals surface area (Å²) in [5, 5.41) is 6.72. The van der Waals surface area contributed by atoms with E-state index in [0.717, 1.165) is 56.7 Å². The Balaban J connectivity index is 1.76. The lowest BCUT2D eigenvalue weighted by atomic mass is 9.98. The Morgan fingerprint density at radius 2 is 2.12 bits per heavy atom. The van der Waals surface area contributed by atoms with Crippen molar-refractivity contribution < 1.29 is 4.74 Å². The highest BCUT2D eigenvalue weighted by Gasteiger charge is 2.24. The van der Waals surface area contributed by atoms with Crippen LogP contribution in [0.15, 0.2) is 29.4 Å². The van der Waals surface area contributed by atoms with Gasteiger partial charge in [0, 0.05) is 44.6 Å². The summed E-state index contributed by atoms with van der Waals surface area (Å²) < 4.78 is 5.99. The second-order valence-electron chi connectivity index (χ2n) is 6.59. The average Bonchev–Trinajstić information content (AvgIpc) is 3.16. The zero-order valence-corrected chi connectivity index (χ0v) is 15.8. The molecule has 1 heterocycles. The van der Waals surface area contributed by atoms with E-state index < -0.39 is 0 Å². The van der Waals surface area contributed by atoms with Gasteiger partial charge in [0.15, 0.2) is 5.96 Å². The molecule has 0 saturated heterocycles. The van der Waals surface area contributed by atoms with Crippen LogP contribution in [0.25, 0.3) is 0 Å². The van der Waals surface area contributed by atoms with Gasteiger partial charge >= 0.3 is 0 Å². The zero-order valence-electron chi connectivity index (χ0n) is 15.8. The van der Waals surface area contributed by atoms with Gasteiger partial charge in [0.1, 0.15) is 0 Å². The molecule has 5 nitrogen and oxygen atoms in total. The lowest BCUT2D eigenvalue weighted by Crippen LogP contribution is -2.38. The summed E-state index contributed by atoms with van der Waals surface area (Å²) in [7, 11) is 0. The number of aromatic nitrogens is 1. The van der Waals surface area contributed by atoms with Gasteiger partial charge < -0.3 is 15.4 Å². The van der Waals surface area contributed by atoms with Crippen molar-refractivity contribution in [2.24, 2.45) is 10.9 Å². The Labute approximate surface area is 152 Å². The number of hydrogen-bond donors (Lipinski definition) is 2. The van der Waals surface area contributed by atoms with Crippen LogP contribution in [-0.4, -0.2) is 43.3 Å². The van der Waals surface area contributed by atoms with Gasteiger partial charge in [-0.1, -0.05) is 18.9 Å². The van der Waals surface area contributed by atoms with E-state index in [2.05, 4.69) is 35.5 Å². The first kappa shape index (κ1) is 19.7. The number of aliphatic imine (C=N–C) groups is 1. The van der Waals surface area contributed by atoms with Gasteiger partial charge in [-0.3, -0.25) is 9.98 Å². The first-order valence-corrected chi connectivity index (χ1v) is 9.87. The molecule has 1 unspecified atom stereocenters. The summed E-state index contributed by atoms with van der Waals surface area (Å²) in [6.45, 7) is 7.49. The van der Waals surface area contributed by atoms with Crippen molar-refractivity contribution in [3.63, 3.8) is 0 Å². The summed E-state index contributed by atoms with van der Waals surface area (Å²) >= 11 is 0. The molecule has 25 heavy (non-hydrogen) atoms. The van der Waals surface area contributed by atoms with E-state index >= 15 is 0 Å². The van der Waals surface area contributed by atoms with Gasteiger partial charge in [0.05, 0.1) is 6.10 Å². The predicted molar refractivity (Wildman–Crippen MR) is 104 cm³/mol. The van der Waals surface area contributed by atoms with Crippen molar-refractivity contribution in [2.45, 2.75) is 58.5 Å². The topological polar surface area (TPSA) is 58.5 Å². The zero-order chi connectivity index (χ0) is 17.7. The van der Waals surface area contributed by atoms with Crippen molar-refractivity contribution in [3.8, 4) is 0 Å². The maximum absolute atomic E-state index is 5.99. The molecule has 0 aliphatic heterocycles. The quantitative estimate of drug-likeness (QED) is 0.505. The molecular weight excluding hydrogens is 312 g/mol. The molecule has 2 rings (SSSR count). The number of hydrogen-bond acceptors (Lipinski definition) is 3. The van der Waals surface area contributed by atoms with E-state index in [1.165, 1.54) is 25.7 Å². The Morgan fingerprint density at radius 1 is 1.28 bits per heavy atom. The van der Waals surface area contributed by atoms with Crippen LogP contribution in [0.1, 0.15) is 51.6 Å². The highest BCUT2D eigenvalue weighted by atomic mass is 16.5. The van der Waals surface area contributed by atoms with Gasteiger partial charge in [0.25, 0.3) is 0 Å². The van der Waals surface area contributed by atoms with E-state index in [1.807, 2.05) is 18.3 Å². The van der Waals surface area contributed by atoms with Gasteiger partial charge in [-0.05, 0) is 51.2 Å². The average molecular weight is 347 g/mol. The SMILES string of the molecule is CCNC(=NCCC(OCC)C1CCCC1)NCCc1ccccn1. The normalized spacial score (nSPS) is 16.8. The van der Waals surface area contributed by atoms with E-state index in [-0.39, 0.29) is 0 Å². The number of nitrogens with zero attached hydrogens (tertiary/aromatic N) is 2. The Kier molecular flexibility index (Phi) is 9.34. The van der Waals surface area contributed by atoms with Crippen LogP contribution in [-0.2, 0) is 11.2 Å². The molecule has 1 aromatic heterocycles. The van der Waals surface area contributed by atoms with Gasteiger partial charge in [0.2, 0.25) is 0 Å². The molecular formula is C20H34N4O. The second-order valence-corrected chi connectivity index (χ2v) is 6.59. The van der Waals surface area contributed by atoms with Gasteiger partial charge in [-0.2, -0.15) is 0 Å². The highest BCUT2D eigenvalue weighted by Crippen LogP contribution is 2.30. The molecule has 0 radical (unpaired) electrons. The molecule has 0 aromatic carbocycles. The fraction of sp³-hybridized carbons (Fsp3) is 0.700. The van der Waals surface area contributed by atoms with Crippen LogP contribution < -0.4 is 10.6 Å². The summed E-state index contributed by atoms with van der Waals surface area (Å²) in [5.41, 5.74) is 1.10. The van der Waals surface area contributed by atoms with Crippen molar-refractivity contribution in [3.05, 3.63) is 30.1 Å². The van der Waals surface area contributed by atoms with E-state index in [4.69, 9.17) is 9.73 Å². The molecule has 2 N–H and O–H groups in total. The van der Waals surface area contributed by atoms with E-state index in [1.54, 1.807) is 0 Å². The van der Waals surface area contributed by atoms with Gasteiger partial charge in [-0.15, -0.1) is 0 Å². The Morgan fingerprint density at radius 3 is 2.80 bits per heavy atom. The van der Waals surface area contributed by atoms with Crippen LogP contribution in [0.4, 0.5) is 0 Å². The number of rotatable bonds is 10. The van der Waals surface area contributed by atoms with Crippen LogP contribution in [0.3, 0.4) is 0 Å². The molecule has 1 fully saturated rings. The first-order chi connectivity index (χ1) is 12.3. The third kappa shape index (κ3) is 7.43. The van der Waals surface area contributed by atoms with Crippen LogP contribution in [0.2, 0.25) is 0 Å². The maximum atomic E-state index is 5.99. The molecule has 1 saturated carbocycles. The smallest absolute Gasteiger partial charge is 0.191 e. The van der Waals surface area contributed by atoms with Crippen LogP contribution >= 0.6 is 0 Å². The minimum Gasteiger partial charge on any atom is -0.378 e. The standard InChI is InChI=1S/C20H34N4O/c1-3-21-20(23-15-12-18-11-7-8-14-22-18)24-16-13-19(25-4-2)17-9-5-6-10-17/h7-8,11,14,17,19H,3-6,9-10,12-13,15-16H2,1-2H3,(H2,21,23,24). The van der Waals surface area contributed by atoms with Crippen molar-refractivity contribution in [2.75, 3.05) is 26.2 Å². The molecule has 0 bridgehead atoms. The Bertz CT molecular complexity index is 486. The molecule has 1 aliphatic rings. The molecule has 0 spiro atoms. The minimum atomic E-state index is 0.368. The predicted octanol–water partition coefficient (Wildman–Crippen LogP) is 3.16. The third-order valence-electron chi connectivity index (χ3n) is 4.73. The monoisotopic (exact) mass is 346 g/mol. The van der Waals surface area contributed by atoms with Crippen LogP contribution in [0, 0.1) is 5.92 Å². The summed E-state index contributed by atoms with van der Waals surface area (Å²) in [6.07, 6.45) is 9.46. The molecule has 1 atom stereocenters. The highest BCUT2D eigenvalue weighted by molar-refractivity contribution is 5.79. The molecule has 140 valence electrons. The number of nitrogens with one attached hydrogen (secondary N) is 2. The van der Waals surface area contributed by atoms with Gasteiger partial charge in [-0.25, -0.2) is 0 Å². The molecule has 1 aromatic rings. The summed E-state index contributed by atoms with van der Waals surface area (Å²) in [5.74, 6) is 1.62. The number of guanidine groups is 1.